The molecule has 1 aliphatic heterocycles. The lowest BCUT2D eigenvalue weighted by Crippen LogP contribution is -2.37. The number of aryl methyl sites for hydroxylation is 2. The molecule has 1 saturated heterocycles. The first kappa shape index (κ1) is 20.2. The van der Waals surface area contributed by atoms with Crippen LogP contribution in [0.25, 0.3) is 6.08 Å². The van der Waals surface area contributed by atoms with Gasteiger partial charge < -0.3 is 9.42 Å². The summed E-state index contributed by atoms with van der Waals surface area (Å²) in [5.41, 5.74) is 0.649. The SMILES string of the molecule is Cc1noc(C)c1S(=O)(=O)N1CCCN(C(=O)C=Cc2ccccc2F)CC1. The van der Waals surface area contributed by atoms with Crippen LogP contribution in [-0.4, -0.2) is 54.9 Å². The van der Waals surface area contributed by atoms with Crippen molar-refractivity contribution in [2.24, 2.45) is 0 Å². The summed E-state index contributed by atoms with van der Waals surface area (Å²) in [6, 6.07) is 6.18. The van der Waals surface area contributed by atoms with Crippen molar-refractivity contribution in [2.45, 2.75) is 25.2 Å². The van der Waals surface area contributed by atoms with E-state index in [1.807, 2.05) is 0 Å². The standard InChI is InChI=1S/C19H22FN3O4S/c1-14-19(15(2)27-21-14)28(25,26)23-11-5-10-22(12-13-23)18(24)9-8-16-6-3-4-7-17(16)20/h3-4,6-9H,5,10-13H2,1-2H3. The molecule has 0 radical (unpaired) electrons. The fourth-order valence-corrected chi connectivity index (χ4v) is 4.96. The molecule has 1 fully saturated rings. The van der Waals surface area contributed by atoms with Gasteiger partial charge in [0.05, 0.1) is 0 Å². The van der Waals surface area contributed by atoms with E-state index in [4.69, 9.17) is 4.52 Å². The molecule has 1 amide bonds. The summed E-state index contributed by atoms with van der Waals surface area (Å²) in [4.78, 5) is 14.1. The van der Waals surface area contributed by atoms with Crippen molar-refractivity contribution in [1.29, 1.82) is 0 Å². The van der Waals surface area contributed by atoms with Crippen LogP contribution in [0.3, 0.4) is 0 Å². The molecule has 1 aromatic carbocycles. The second-order valence-corrected chi connectivity index (χ2v) is 8.47. The average Bonchev–Trinajstić information content (AvgIpc) is 2.86. The van der Waals surface area contributed by atoms with Crippen LogP contribution in [0, 0.1) is 19.7 Å². The predicted octanol–water partition coefficient (Wildman–Crippen LogP) is 2.37. The van der Waals surface area contributed by atoms with Gasteiger partial charge in [0, 0.05) is 37.8 Å². The molecule has 1 aromatic heterocycles. The second-order valence-electron chi connectivity index (χ2n) is 6.59. The maximum Gasteiger partial charge on any atom is 0.248 e. The number of hydrogen-bond donors (Lipinski definition) is 0. The number of rotatable bonds is 4. The van der Waals surface area contributed by atoms with Crippen molar-refractivity contribution in [1.82, 2.24) is 14.4 Å². The van der Waals surface area contributed by atoms with Crippen molar-refractivity contribution in [3.63, 3.8) is 0 Å². The Hall–Kier alpha value is -2.52. The maximum absolute atomic E-state index is 13.7. The third-order valence-electron chi connectivity index (χ3n) is 4.64. The van der Waals surface area contributed by atoms with Gasteiger partial charge in [-0.25, -0.2) is 12.8 Å². The van der Waals surface area contributed by atoms with Crippen LogP contribution >= 0.6 is 0 Å². The van der Waals surface area contributed by atoms with Gasteiger partial charge in [0.15, 0.2) is 5.76 Å². The molecule has 1 aliphatic rings. The van der Waals surface area contributed by atoms with E-state index in [2.05, 4.69) is 5.16 Å². The van der Waals surface area contributed by atoms with E-state index in [0.29, 0.717) is 30.8 Å². The molecule has 3 rings (SSSR count). The molecule has 0 saturated carbocycles. The van der Waals surface area contributed by atoms with Crippen molar-refractivity contribution in [3.05, 3.63) is 53.2 Å². The Balaban J connectivity index is 1.70. The fraction of sp³-hybridized carbons (Fsp3) is 0.368. The highest BCUT2D eigenvalue weighted by Gasteiger charge is 2.32. The number of halogens is 1. The van der Waals surface area contributed by atoms with Gasteiger partial charge in [-0.05, 0) is 32.4 Å². The number of benzene rings is 1. The van der Waals surface area contributed by atoms with Crippen LogP contribution in [0.1, 0.15) is 23.4 Å². The zero-order valence-corrected chi connectivity index (χ0v) is 16.6. The highest BCUT2D eigenvalue weighted by Crippen LogP contribution is 2.24. The Bertz CT molecular complexity index is 981. The van der Waals surface area contributed by atoms with Crippen LogP contribution in [0.2, 0.25) is 0 Å². The molecule has 2 aromatic rings. The van der Waals surface area contributed by atoms with Gasteiger partial charge in [0.2, 0.25) is 15.9 Å². The van der Waals surface area contributed by atoms with Gasteiger partial charge in [-0.15, -0.1) is 0 Å². The molecular weight excluding hydrogens is 385 g/mol. The lowest BCUT2D eigenvalue weighted by molar-refractivity contribution is -0.125. The first-order valence-electron chi connectivity index (χ1n) is 8.95. The van der Waals surface area contributed by atoms with Gasteiger partial charge in [-0.3, -0.25) is 4.79 Å². The van der Waals surface area contributed by atoms with E-state index in [9.17, 15) is 17.6 Å². The first-order valence-corrected chi connectivity index (χ1v) is 10.4. The lowest BCUT2D eigenvalue weighted by Gasteiger charge is -2.21. The molecule has 0 bridgehead atoms. The number of carbonyl (C=O) groups is 1. The second kappa shape index (κ2) is 8.24. The number of aromatic nitrogens is 1. The highest BCUT2D eigenvalue weighted by atomic mass is 32.2. The predicted molar refractivity (Wildman–Crippen MR) is 101 cm³/mol. The minimum absolute atomic E-state index is 0.0896. The monoisotopic (exact) mass is 407 g/mol. The first-order chi connectivity index (χ1) is 13.3. The normalized spacial score (nSPS) is 16.5. The zero-order valence-electron chi connectivity index (χ0n) is 15.8. The molecular formula is C19H22FN3O4S. The smallest absolute Gasteiger partial charge is 0.248 e. The molecule has 9 heteroatoms. The highest BCUT2D eigenvalue weighted by molar-refractivity contribution is 7.89. The number of nitrogens with zero attached hydrogens (tertiary/aromatic N) is 3. The van der Waals surface area contributed by atoms with E-state index in [-0.39, 0.29) is 29.7 Å². The number of sulfonamides is 1. The molecule has 0 aliphatic carbocycles. The molecule has 150 valence electrons. The topological polar surface area (TPSA) is 83.7 Å². The van der Waals surface area contributed by atoms with Gasteiger partial charge >= 0.3 is 0 Å². The van der Waals surface area contributed by atoms with Crippen molar-refractivity contribution < 1.29 is 22.1 Å². The van der Waals surface area contributed by atoms with Crippen LogP contribution in [-0.2, 0) is 14.8 Å². The number of amides is 1. The minimum Gasteiger partial charge on any atom is -0.360 e. The molecule has 0 N–H and O–H groups in total. The summed E-state index contributed by atoms with van der Waals surface area (Å²) < 4.78 is 45.9. The van der Waals surface area contributed by atoms with Crippen molar-refractivity contribution >= 4 is 22.0 Å². The average molecular weight is 407 g/mol. The maximum atomic E-state index is 13.7. The van der Waals surface area contributed by atoms with Gasteiger partial charge in [-0.2, -0.15) is 4.31 Å². The summed E-state index contributed by atoms with van der Waals surface area (Å²) in [6.07, 6.45) is 3.25. The van der Waals surface area contributed by atoms with E-state index < -0.39 is 15.8 Å². The third kappa shape index (κ3) is 4.15. The van der Waals surface area contributed by atoms with Crippen LogP contribution in [0.15, 0.2) is 39.8 Å². The lowest BCUT2D eigenvalue weighted by atomic mass is 10.2. The molecule has 2 heterocycles. The zero-order chi connectivity index (χ0) is 20.3. The van der Waals surface area contributed by atoms with E-state index >= 15 is 0 Å². The van der Waals surface area contributed by atoms with E-state index in [0.717, 1.165) is 0 Å². The van der Waals surface area contributed by atoms with Gasteiger partial charge in [0.1, 0.15) is 16.4 Å². The Labute approximate surface area is 163 Å². The quantitative estimate of drug-likeness (QED) is 0.727. The van der Waals surface area contributed by atoms with Crippen LogP contribution in [0.5, 0.6) is 0 Å². The van der Waals surface area contributed by atoms with Crippen LogP contribution in [0.4, 0.5) is 4.39 Å². The van der Waals surface area contributed by atoms with Crippen molar-refractivity contribution in [2.75, 3.05) is 26.2 Å². The third-order valence-corrected chi connectivity index (χ3v) is 6.79. The van der Waals surface area contributed by atoms with Crippen LogP contribution < -0.4 is 0 Å². The Morgan fingerprint density at radius 2 is 1.93 bits per heavy atom. The summed E-state index contributed by atoms with van der Waals surface area (Å²) in [6.45, 7) is 4.30. The van der Waals surface area contributed by atoms with E-state index in [1.54, 1.807) is 36.9 Å². The Morgan fingerprint density at radius 3 is 2.61 bits per heavy atom. The molecule has 28 heavy (non-hydrogen) atoms. The van der Waals surface area contributed by atoms with Gasteiger partial charge in [0.25, 0.3) is 0 Å². The molecule has 7 nitrogen and oxygen atoms in total. The Kier molecular flexibility index (Phi) is 5.95. The Morgan fingerprint density at radius 1 is 1.18 bits per heavy atom. The molecule has 0 atom stereocenters. The summed E-state index contributed by atoms with van der Waals surface area (Å²) in [7, 11) is -3.74. The summed E-state index contributed by atoms with van der Waals surface area (Å²) in [5, 5.41) is 3.72. The largest absolute Gasteiger partial charge is 0.360 e. The summed E-state index contributed by atoms with van der Waals surface area (Å²) >= 11 is 0. The number of hydrogen-bond acceptors (Lipinski definition) is 5. The van der Waals surface area contributed by atoms with E-state index in [1.165, 1.54) is 22.5 Å². The van der Waals surface area contributed by atoms with Crippen molar-refractivity contribution in [3.8, 4) is 0 Å². The minimum atomic E-state index is -3.74. The molecule has 0 unspecified atom stereocenters. The number of carbonyl (C=O) groups excluding carboxylic acids is 1. The van der Waals surface area contributed by atoms with Gasteiger partial charge in [-0.1, -0.05) is 23.4 Å². The molecule has 0 spiro atoms. The fourth-order valence-electron chi connectivity index (χ4n) is 3.20. The summed E-state index contributed by atoms with van der Waals surface area (Å²) in [5.74, 6) is -0.429.